The summed E-state index contributed by atoms with van der Waals surface area (Å²) in [6.45, 7) is 1.84. The number of likely N-dealkylation sites (tertiary alicyclic amines) is 1. The number of likely N-dealkylation sites (N-methyl/N-ethyl adjacent to an activating group) is 1. The number of benzene rings is 1. The molecule has 43 heavy (non-hydrogen) atoms. The van der Waals surface area contributed by atoms with Gasteiger partial charge in [-0.05, 0) is 80.7 Å². The molecule has 3 aromatic heterocycles. The lowest BCUT2D eigenvalue weighted by molar-refractivity contribution is -0.132. The van der Waals surface area contributed by atoms with Crippen LogP contribution in [-0.2, 0) is 4.79 Å². The van der Waals surface area contributed by atoms with Crippen LogP contribution in [-0.4, -0.2) is 76.8 Å². The molecule has 4 aromatic rings. The number of hydrogen-bond acceptors (Lipinski definition) is 10. The van der Waals surface area contributed by atoms with Crippen molar-refractivity contribution >= 4 is 68.7 Å². The van der Waals surface area contributed by atoms with Gasteiger partial charge in [0, 0.05) is 47.3 Å². The van der Waals surface area contributed by atoms with Gasteiger partial charge in [-0.1, -0.05) is 11.8 Å². The van der Waals surface area contributed by atoms with E-state index in [1.54, 1.807) is 47.6 Å². The Labute approximate surface area is 261 Å². The highest BCUT2D eigenvalue weighted by atomic mass is 32.2. The Kier molecular flexibility index (Phi) is 9.22. The van der Waals surface area contributed by atoms with Gasteiger partial charge in [-0.15, -0.1) is 11.3 Å². The first-order valence-electron chi connectivity index (χ1n) is 13.8. The van der Waals surface area contributed by atoms with Crippen LogP contribution in [0.5, 0.6) is 11.5 Å². The van der Waals surface area contributed by atoms with E-state index in [1.807, 2.05) is 47.5 Å². The number of carbonyl (C=O) groups is 1. The van der Waals surface area contributed by atoms with Crippen molar-refractivity contribution < 1.29 is 13.9 Å². The van der Waals surface area contributed by atoms with Crippen LogP contribution in [0.3, 0.4) is 0 Å². The molecule has 222 valence electrons. The molecule has 0 radical (unpaired) electrons. The van der Waals surface area contributed by atoms with Crippen molar-refractivity contribution in [2.45, 2.75) is 22.6 Å². The van der Waals surface area contributed by atoms with Gasteiger partial charge in [-0.2, -0.15) is 0 Å². The molecule has 13 heteroatoms. The van der Waals surface area contributed by atoms with Gasteiger partial charge < -0.3 is 19.3 Å². The number of amidine groups is 2. The van der Waals surface area contributed by atoms with E-state index in [1.165, 1.54) is 24.1 Å². The summed E-state index contributed by atoms with van der Waals surface area (Å²) in [6.07, 6.45) is 5.26. The number of thiophene rings is 1. The number of aliphatic imine (C=N–C) groups is 2. The van der Waals surface area contributed by atoms with E-state index in [9.17, 15) is 9.18 Å². The number of rotatable bonds is 8. The van der Waals surface area contributed by atoms with Gasteiger partial charge in [0.15, 0.2) is 11.6 Å². The normalized spacial score (nSPS) is 16.9. The quantitative estimate of drug-likeness (QED) is 0.227. The zero-order valence-corrected chi connectivity index (χ0v) is 26.1. The molecule has 0 atom stereocenters. The summed E-state index contributed by atoms with van der Waals surface area (Å²) >= 11 is 4.76. The van der Waals surface area contributed by atoms with Gasteiger partial charge in [-0.3, -0.25) is 9.78 Å². The van der Waals surface area contributed by atoms with E-state index >= 15 is 0 Å². The molecule has 1 N–H and O–H groups in total. The Morgan fingerprint density at radius 2 is 2.00 bits per heavy atom. The number of piperidine rings is 1. The molecule has 0 aliphatic carbocycles. The number of pyridine rings is 2. The fourth-order valence-corrected chi connectivity index (χ4v) is 7.39. The molecule has 0 spiro atoms. The number of amides is 1. The highest BCUT2D eigenvalue weighted by Crippen LogP contribution is 2.39. The van der Waals surface area contributed by atoms with Crippen LogP contribution in [0, 0.1) is 11.7 Å². The number of nitrogens with one attached hydrogen (secondary N) is 1. The summed E-state index contributed by atoms with van der Waals surface area (Å²) in [5.41, 5.74) is 0.955. The number of ether oxygens (including phenoxy) is 1. The Hall–Kier alpha value is -3.52. The van der Waals surface area contributed by atoms with Crippen molar-refractivity contribution in [3.63, 3.8) is 0 Å². The molecule has 5 heterocycles. The molecule has 2 aliphatic rings. The third-order valence-electron chi connectivity index (χ3n) is 6.93. The summed E-state index contributed by atoms with van der Waals surface area (Å²) < 4.78 is 24.3. The monoisotopic (exact) mass is 635 g/mol. The summed E-state index contributed by atoms with van der Waals surface area (Å²) in [5.74, 6) is 3.44. The minimum Gasteiger partial charge on any atom is -0.453 e. The van der Waals surface area contributed by atoms with Gasteiger partial charge >= 0.3 is 0 Å². The molecular weight excluding hydrogens is 606 g/mol. The lowest BCUT2D eigenvalue weighted by atomic mass is 9.95. The Morgan fingerprint density at radius 3 is 2.79 bits per heavy atom. The zero-order valence-electron chi connectivity index (χ0n) is 23.7. The van der Waals surface area contributed by atoms with Crippen molar-refractivity contribution in [1.29, 1.82) is 0 Å². The maximum atomic E-state index is 13.6. The average Bonchev–Trinajstić information content (AvgIpc) is 3.50. The fourth-order valence-electron chi connectivity index (χ4n) is 4.82. The second-order valence-electron chi connectivity index (χ2n) is 10.4. The summed E-state index contributed by atoms with van der Waals surface area (Å²) in [7, 11) is 3.81. The summed E-state index contributed by atoms with van der Waals surface area (Å²) in [6, 6.07) is 11.8. The van der Waals surface area contributed by atoms with Gasteiger partial charge in [0.25, 0.3) is 0 Å². The van der Waals surface area contributed by atoms with Crippen LogP contribution >= 0.6 is 35.0 Å². The molecule has 2 aliphatic heterocycles. The minimum absolute atomic E-state index is 0.156. The molecule has 0 saturated carbocycles. The maximum Gasteiger partial charge on any atom is 0.236 e. The molecule has 1 fully saturated rings. The van der Waals surface area contributed by atoms with Gasteiger partial charge in [0.05, 0.1) is 22.5 Å². The first kappa shape index (κ1) is 29.5. The molecule has 6 rings (SSSR count). The largest absolute Gasteiger partial charge is 0.453 e. The van der Waals surface area contributed by atoms with Gasteiger partial charge in [0.1, 0.15) is 23.2 Å². The van der Waals surface area contributed by atoms with Crippen LogP contribution in [0.15, 0.2) is 80.0 Å². The van der Waals surface area contributed by atoms with Crippen molar-refractivity contribution in [2.75, 3.05) is 39.5 Å². The second-order valence-corrected chi connectivity index (χ2v) is 13.2. The van der Waals surface area contributed by atoms with E-state index in [0.29, 0.717) is 48.5 Å². The average molecular weight is 636 g/mol. The summed E-state index contributed by atoms with van der Waals surface area (Å²) in [5, 5.41) is 2.03. The predicted molar refractivity (Wildman–Crippen MR) is 172 cm³/mol. The topological polar surface area (TPSA) is 95.3 Å². The zero-order chi connectivity index (χ0) is 29.8. The van der Waals surface area contributed by atoms with E-state index in [2.05, 4.69) is 14.7 Å². The third-order valence-corrected chi connectivity index (χ3v) is 9.77. The fraction of sp³-hybridized carbons (Fsp3) is 0.300. The number of hydrogen-bond donors (Lipinski definition) is 1. The smallest absolute Gasteiger partial charge is 0.236 e. The lowest BCUT2D eigenvalue weighted by Crippen LogP contribution is -2.45. The van der Waals surface area contributed by atoms with Crippen molar-refractivity contribution in [2.24, 2.45) is 15.9 Å². The predicted octanol–water partition coefficient (Wildman–Crippen LogP) is 6.25. The minimum atomic E-state index is -0.339. The van der Waals surface area contributed by atoms with E-state index in [4.69, 9.17) is 14.7 Å². The molecule has 1 amide bonds. The van der Waals surface area contributed by atoms with E-state index in [-0.39, 0.29) is 17.6 Å². The number of nitrogens with zero attached hydrogens (tertiary/aromatic N) is 6. The molecular formula is C30H30FN7O2S3. The molecule has 0 bridgehead atoms. The number of halogens is 1. The van der Waals surface area contributed by atoms with Crippen LogP contribution < -0.4 is 9.46 Å². The third kappa shape index (κ3) is 7.35. The van der Waals surface area contributed by atoms with Crippen molar-refractivity contribution in [1.82, 2.24) is 24.5 Å². The standard InChI is InChI=1S/C30H30FN7O2S3/c1-37(2)17-27(39)38-12-8-19(9-13-38)29-34-26(18-42-36-29)35-30-24(40-21-5-3-20(31)4-6-21)15-22(16-33-30)43-25-7-11-32-23-10-14-41-28(23)25/h3-7,10-11,14-16,19H,8-9,12-13,17-18H2,1-2H3,(H,33,34,35,36). The second kappa shape index (κ2) is 13.4. The molecule has 9 nitrogen and oxygen atoms in total. The number of aromatic nitrogens is 2. The lowest BCUT2D eigenvalue weighted by Gasteiger charge is -2.34. The Bertz CT molecular complexity index is 1670. The maximum absolute atomic E-state index is 13.6. The highest BCUT2D eigenvalue weighted by Gasteiger charge is 2.28. The van der Waals surface area contributed by atoms with Gasteiger partial charge in [0.2, 0.25) is 5.91 Å². The first-order chi connectivity index (χ1) is 20.9. The molecule has 0 unspecified atom stereocenters. The first-order valence-corrected chi connectivity index (χ1v) is 16.5. The van der Waals surface area contributed by atoms with E-state index < -0.39 is 0 Å². The van der Waals surface area contributed by atoms with Crippen LogP contribution in [0.2, 0.25) is 0 Å². The number of carbonyl (C=O) groups excluding carboxylic acids is 1. The Balaban J connectivity index is 1.24. The van der Waals surface area contributed by atoms with Gasteiger partial charge in [-0.25, -0.2) is 19.4 Å². The Morgan fingerprint density at radius 1 is 1.19 bits per heavy atom. The van der Waals surface area contributed by atoms with E-state index in [0.717, 1.165) is 38.7 Å². The SMILES string of the molecule is CN(C)CC(=O)N1CCC(C2=N/C(=N/c3ncc(Sc4ccnc5ccsc45)cc3Oc3ccc(F)cc3)CSN2)CC1. The van der Waals surface area contributed by atoms with Crippen LogP contribution in [0.25, 0.3) is 10.2 Å². The van der Waals surface area contributed by atoms with Crippen LogP contribution in [0.4, 0.5) is 10.2 Å². The number of fused-ring (bicyclic) bond motifs is 1. The van der Waals surface area contributed by atoms with Crippen molar-refractivity contribution in [3.05, 3.63) is 66.1 Å². The summed E-state index contributed by atoms with van der Waals surface area (Å²) in [4.78, 5) is 37.0. The van der Waals surface area contributed by atoms with Crippen LogP contribution in [0.1, 0.15) is 12.8 Å². The van der Waals surface area contributed by atoms with Crippen molar-refractivity contribution in [3.8, 4) is 11.5 Å². The highest BCUT2D eigenvalue weighted by molar-refractivity contribution is 7.99. The molecule has 1 aromatic carbocycles. The molecule has 1 saturated heterocycles.